The minimum absolute atomic E-state index is 0.544. The van der Waals surface area contributed by atoms with Crippen LogP contribution in [0.5, 0.6) is 0 Å². The van der Waals surface area contributed by atoms with Gasteiger partial charge in [-0.05, 0) is 43.6 Å². The van der Waals surface area contributed by atoms with Gasteiger partial charge in [0.2, 0.25) is 0 Å². The molecule has 2 unspecified atom stereocenters. The highest BCUT2D eigenvalue weighted by molar-refractivity contribution is 6.31. The highest BCUT2D eigenvalue weighted by Gasteiger charge is 2.23. The molecule has 1 heterocycles. The molecular weight excluding hydrogens is 258 g/mol. The van der Waals surface area contributed by atoms with Gasteiger partial charge in [-0.25, -0.2) is 0 Å². The Morgan fingerprint density at radius 3 is 2.95 bits per heavy atom. The summed E-state index contributed by atoms with van der Waals surface area (Å²) in [5, 5.41) is 13.1. The normalized spacial score (nSPS) is 24.1. The number of nitriles is 1. The van der Waals surface area contributed by atoms with Crippen LogP contribution in [0.2, 0.25) is 5.02 Å². The highest BCUT2D eigenvalue weighted by Crippen LogP contribution is 2.20. The van der Waals surface area contributed by atoms with Crippen molar-refractivity contribution < 1.29 is 0 Å². The molecule has 0 spiro atoms. The summed E-state index contributed by atoms with van der Waals surface area (Å²) < 4.78 is 0. The minimum Gasteiger partial charge on any atom is -0.310 e. The van der Waals surface area contributed by atoms with Gasteiger partial charge in [-0.3, -0.25) is 0 Å². The van der Waals surface area contributed by atoms with Crippen LogP contribution in [0.1, 0.15) is 24.5 Å². The Labute approximate surface area is 120 Å². The summed E-state index contributed by atoms with van der Waals surface area (Å²) in [4.78, 5) is 2.37. The van der Waals surface area contributed by atoms with Crippen molar-refractivity contribution in [3.05, 3.63) is 34.3 Å². The summed E-state index contributed by atoms with van der Waals surface area (Å²) in [6, 6.07) is 8.14. The second-order valence-corrected chi connectivity index (χ2v) is 5.84. The van der Waals surface area contributed by atoms with Gasteiger partial charge in [0, 0.05) is 24.2 Å². The van der Waals surface area contributed by atoms with Gasteiger partial charge < -0.3 is 10.2 Å². The Bertz CT molecular complexity index is 481. The summed E-state index contributed by atoms with van der Waals surface area (Å²) in [5.74, 6) is 0.649. The minimum atomic E-state index is 0.544. The van der Waals surface area contributed by atoms with Crippen molar-refractivity contribution in [1.82, 2.24) is 10.2 Å². The number of hydrogen-bond acceptors (Lipinski definition) is 3. The van der Waals surface area contributed by atoms with Crippen molar-refractivity contribution in [3.8, 4) is 6.07 Å². The van der Waals surface area contributed by atoms with E-state index in [9.17, 15) is 0 Å². The van der Waals surface area contributed by atoms with Gasteiger partial charge in [0.1, 0.15) is 0 Å². The lowest BCUT2D eigenvalue weighted by molar-refractivity contribution is 0.174. The average molecular weight is 278 g/mol. The van der Waals surface area contributed by atoms with Gasteiger partial charge in [0.15, 0.2) is 0 Å². The van der Waals surface area contributed by atoms with Gasteiger partial charge in [0.05, 0.1) is 11.6 Å². The maximum absolute atomic E-state index is 8.82. The summed E-state index contributed by atoms with van der Waals surface area (Å²) >= 11 is 6.19. The van der Waals surface area contributed by atoms with Crippen molar-refractivity contribution in [2.75, 3.05) is 20.1 Å². The first-order valence-electron chi connectivity index (χ1n) is 6.70. The summed E-state index contributed by atoms with van der Waals surface area (Å²) in [5.41, 5.74) is 1.67. The van der Waals surface area contributed by atoms with Crippen LogP contribution in [0.4, 0.5) is 0 Å². The molecule has 1 aromatic carbocycles. The molecular formula is C15H20ClN3. The lowest BCUT2D eigenvalue weighted by atomic mass is 9.94. The molecule has 0 aliphatic carbocycles. The predicted molar refractivity (Wildman–Crippen MR) is 78.1 cm³/mol. The maximum Gasteiger partial charge on any atom is 0.0992 e. The molecule has 1 aromatic rings. The zero-order chi connectivity index (χ0) is 13.8. The van der Waals surface area contributed by atoms with E-state index >= 15 is 0 Å². The van der Waals surface area contributed by atoms with Gasteiger partial charge in [-0.1, -0.05) is 24.6 Å². The smallest absolute Gasteiger partial charge is 0.0992 e. The van der Waals surface area contributed by atoms with Crippen molar-refractivity contribution >= 4 is 11.6 Å². The molecule has 1 saturated heterocycles. The van der Waals surface area contributed by atoms with Crippen LogP contribution < -0.4 is 5.32 Å². The Balaban J connectivity index is 1.94. The van der Waals surface area contributed by atoms with Crippen molar-refractivity contribution in [1.29, 1.82) is 5.26 Å². The predicted octanol–water partition coefficient (Wildman–Crippen LogP) is 2.64. The third-order valence-electron chi connectivity index (χ3n) is 3.85. The molecule has 1 aliphatic heterocycles. The van der Waals surface area contributed by atoms with Crippen LogP contribution in [-0.2, 0) is 6.54 Å². The largest absolute Gasteiger partial charge is 0.310 e. The number of nitrogens with one attached hydrogen (secondary N) is 1. The molecule has 4 heteroatoms. The first-order valence-corrected chi connectivity index (χ1v) is 7.08. The monoisotopic (exact) mass is 277 g/mol. The molecule has 2 atom stereocenters. The zero-order valence-electron chi connectivity index (χ0n) is 11.5. The van der Waals surface area contributed by atoms with Crippen molar-refractivity contribution in [2.24, 2.45) is 5.92 Å². The molecule has 2 rings (SSSR count). The number of benzene rings is 1. The second kappa shape index (κ2) is 6.38. The molecule has 0 aromatic heterocycles. The average Bonchev–Trinajstić information content (AvgIpc) is 2.39. The van der Waals surface area contributed by atoms with Gasteiger partial charge in [-0.15, -0.1) is 0 Å². The van der Waals surface area contributed by atoms with Gasteiger partial charge >= 0.3 is 0 Å². The number of rotatable bonds is 3. The molecule has 1 aliphatic rings. The molecule has 102 valence electrons. The number of halogens is 1. The van der Waals surface area contributed by atoms with E-state index in [0.29, 0.717) is 22.5 Å². The molecule has 0 saturated carbocycles. The molecule has 0 radical (unpaired) electrons. The molecule has 0 amide bonds. The molecule has 1 fully saturated rings. The number of nitrogens with zero attached hydrogens (tertiary/aromatic N) is 2. The first kappa shape index (κ1) is 14.3. The van der Waals surface area contributed by atoms with E-state index in [2.05, 4.69) is 30.3 Å². The maximum atomic E-state index is 8.82. The fraction of sp³-hybridized carbons (Fsp3) is 0.533. The first-order chi connectivity index (χ1) is 9.10. The molecule has 1 N–H and O–H groups in total. The Hall–Kier alpha value is -1.08. The van der Waals surface area contributed by atoms with E-state index in [1.165, 1.54) is 6.42 Å². The van der Waals surface area contributed by atoms with Crippen LogP contribution in [0.15, 0.2) is 18.2 Å². The van der Waals surface area contributed by atoms with Crippen LogP contribution in [0.3, 0.4) is 0 Å². The van der Waals surface area contributed by atoms with Crippen molar-refractivity contribution in [2.45, 2.75) is 25.9 Å². The number of hydrogen-bond donors (Lipinski definition) is 1. The SMILES string of the molecule is CC1CN(C)CCC1NCc1ccc(C#N)cc1Cl. The van der Waals surface area contributed by atoms with Crippen LogP contribution in [0.25, 0.3) is 0 Å². The fourth-order valence-electron chi connectivity index (χ4n) is 2.66. The van der Waals surface area contributed by atoms with E-state index in [1.807, 2.05) is 12.1 Å². The standard InChI is InChI=1S/C15H20ClN3/c1-11-10-19(2)6-5-15(11)18-9-13-4-3-12(8-17)7-14(13)16/h3-4,7,11,15,18H,5-6,9-10H2,1-2H3. The van der Waals surface area contributed by atoms with E-state index in [4.69, 9.17) is 16.9 Å². The summed E-state index contributed by atoms with van der Waals surface area (Å²) in [6.45, 7) is 5.33. The lowest BCUT2D eigenvalue weighted by Gasteiger charge is -2.35. The van der Waals surface area contributed by atoms with Crippen LogP contribution >= 0.6 is 11.6 Å². The topological polar surface area (TPSA) is 39.1 Å². The molecule has 19 heavy (non-hydrogen) atoms. The summed E-state index contributed by atoms with van der Waals surface area (Å²) in [7, 11) is 2.17. The van der Waals surface area contributed by atoms with E-state index < -0.39 is 0 Å². The van der Waals surface area contributed by atoms with E-state index in [1.54, 1.807) is 6.07 Å². The van der Waals surface area contributed by atoms with Crippen LogP contribution in [0, 0.1) is 17.2 Å². The molecule has 0 bridgehead atoms. The zero-order valence-corrected chi connectivity index (χ0v) is 12.2. The highest BCUT2D eigenvalue weighted by atomic mass is 35.5. The van der Waals surface area contributed by atoms with E-state index in [-0.39, 0.29) is 0 Å². The van der Waals surface area contributed by atoms with Crippen LogP contribution in [-0.4, -0.2) is 31.1 Å². The third-order valence-corrected chi connectivity index (χ3v) is 4.20. The van der Waals surface area contributed by atoms with E-state index in [0.717, 1.165) is 25.2 Å². The number of piperidine rings is 1. The fourth-order valence-corrected chi connectivity index (χ4v) is 2.91. The Morgan fingerprint density at radius 2 is 2.32 bits per heavy atom. The summed E-state index contributed by atoms with van der Waals surface area (Å²) in [6.07, 6.45) is 1.17. The lowest BCUT2D eigenvalue weighted by Crippen LogP contribution is -2.46. The van der Waals surface area contributed by atoms with Gasteiger partial charge in [0.25, 0.3) is 0 Å². The quantitative estimate of drug-likeness (QED) is 0.923. The number of likely N-dealkylation sites (tertiary alicyclic amines) is 1. The van der Waals surface area contributed by atoms with Crippen molar-refractivity contribution in [3.63, 3.8) is 0 Å². The third kappa shape index (κ3) is 3.70. The molecule has 3 nitrogen and oxygen atoms in total. The second-order valence-electron chi connectivity index (χ2n) is 5.43. The Morgan fingerprint density at radius 1 is 1.53 bits per heavy atom. The Kier molecular flexibility index (Phi) is 4.81. The van der Waals surface area contributed by atoms with Gasteiger partial charge in [-0.2, -0.15) is 5.26 Å².